The van der Waals surface area contributed by atoms with Crippen LogP contribution in [0, 0.1) is 0 Å². The Bertz CT molecular complexity index is 408. The summed E-state index contributed by atoms with van der Waals surface area (Å²) in [6, 6.07) is 0. The molecule has 1 heterocycles. The second kappa shape index (κ2) is 15.5. The van der Waals surface area contributed by atoms with Crippen LogP contribution in [0.15, 0.2) is 12.4 Å². The molecule has 0 aliphatic heterocycles. The molecule has 2 heteroatoms. The lowest BCUT2D eigenvalue weighted by atomic mass is 10.1. The van der Waals surface area contributed by atoms with Gasteiger partial charge in [0.25, 0.3) is 5.82 Å². The maximum atomic E-state index is 2.53. The summed E-state index contributed by atoms with van der Waals surface area (Å²) in [6.45, 7) is 9.17. The van der Waals surface area contributed by atoms with Crippen molar-refractivity contribution < 1.29 is 4.57 Å². The van der Waals surface area contributed by atoms with E-state index < -0.39 is 0 Å². The number of hydrogen-bond donors (Lipinski definition) is 0. The van der Waals surface area contributed by atoms with Crippen molar-refractivity contribution in [2.75, 3.05) is 0 Å². The van der Waals surface area contributed by atoms with Crippen molar-refractivity contribution >= 4 is 0 Å². The Balaban J connectivity index is 2.21. The van der Waals surface area contributed by atoms with E-state index in [4.69, 9.17) is 0 Å². The minimum absolute atomic E-state index is 1.11. The van der Waals surface area contributed by atoms with Gasteiger partial charge in [-0.2, -0.15) is 0 Å². The topological polar surface area (TPSA) is 8.81 Å². The number of nitrogens with zero attached hydrogens (tertiary/aromatic N) is 2. The van der Waals surface area contributed by atoms with E-state index in [1.54, 1.807) is 5.82 Å². The SMILES string of the molecule is CCCCCCCCCCCc1n(CC)cc[n+]1CCCCCCC. The fourth-order valence-corrected chi connectivity index (χ4v) is 3.76. The van der Waals surface area contributed by atoms with Crippen LogP contribution in [0.4, 0.5) is 0 Å². The van der Waals surface area contributed by atoms with Crippen molar-refractivity contribution in [2.45, 2.75) is 130 Å². The summed E-state index contributed by atoms with van der Waals surface area (Å²) in [5.74, 6) is 1.56. The van der Waals surface area contributed by atoms with E-state index in [1.807, 2.05) is 0 Å². The molecule has 0 unspecified atom stereocenters. The first-order valence-electron chi connectivity index (χ1n) is 11.4. The fourth-order valence-electron chi connectivity index (χ4n) is 3.76. The van der Waals surface area contributed by atoms with Crippen molar-refractivity contribution in [3.63, 3.8) is 0 Å². The fraction of sp³-hybridized carbons (Fsp3) is 0.870. The monoisotopic (exact) mass is 349 g/mol. The molecular formula is C23H45N2+. The van der Waals surface area contributed by atoms with Gasteiger partial charge in [0, 0.05) is 6.42 Å². The molecule has 0 atom stereocenters. The van der Waals surface area contributed by atoms with Crippen molar-refractivity contribution in [1.29, 1.82) is 0 Å². The van der Waals surface area contributed by atoms with Gasteiger partial charge in [-0.15, -0.1) is 0 Å². The minimum atomic E-state index is 1.11. The third-order valence-corrected chi connectivity index (χ3v) is 5.44. The second-order valence-corrected chi connectivity index (χ2v) is 7.69. The van der Waals surface area contributed by atoms with Crippen LogP contribution in [-0.4, -0.2) is 4.57 Å². The Morgan fingerprint density at radius 2 is 1.20 bits per heavy atom. The zero-order valence-electron chi connectivity index (χ0n) is 17.6. The van der Waals surface area contributed by atoms with Gasteiger partial charge in [0.05, 0.1) is 13.1 Å². The van der Waals surface area contributed by atoms with E-state index >= 15 is 0 Å². The third kappa shape index (κ3) is 10.1. The van der Waals surface area contributed by atoms with Crippen LogP contribution < -0.4 is 4.57 Å². The Morgan fingerprint density at radius 1 is 0.680 bits per heavy atom. The molecular weight excluding hydrogens is 304 g/mol. The highest BCUT2D eigenvalue weighted by atomic mass is 15.1. The lowest BCUT2D eigenvalue weighted by Crippen LogP contribution is -2.37. The Morgan fingerprint density at radius 3 is 1.76 bits per heavy atom. The number of aromatic nitrogens is 2. The molecule has 1 rings (SSSR count). The predicted octanol–water partition coefficient (Wildman–Crippen LogP) is 6.84. The molecule has 0 fully saturated rings. The smallest absolute Gasteiger partial charge is 0.235 e. The number of unbranched alkanes of at least 4 members (excludes halogenated alkanes) is 12. The molecule has 0 amide bonds. The van der Waals surface area contributed by atoms with E-state index in [2.05, 4.69) is 42.3 Å². The van der Waals surface area contributed by atoms with Gasteiger partial charge in [0.2, 0.25) is 0 Å². The number of imidazole rings is 1. The number of hydrogen-bond acceptors (Lipinski definition) is 0. The first-order valence-corrected chi connectivity index (χ1v) is 11.4. The van der Waals surface area contributed by atoms with Crippen molar-refractivity contribution in [3.05, 3.63) is 18.2 Å². The van der Waals surface area contributed by atoms with Gasteiger partial charge in [-0.25, -0.2) is 9.13 Å². The van der Waals surface area contributed by atoms with Gasteiger partial charge in [0.1, 0.15) is 12.4 Å². The van der Waals surface area contributed by atoms with Crippen LogP contribution in [0.1, 0.15) is 116 Å². The van der Waals surface area contributed by atoms with Crippen LogP contribution in [0.5, 0.6) is 0 Å². The standard InChI is InChI=1S/C23H45N2/c1-4-7-9-11-12-13-14-15-17-19-23-24(6-3)21-22-25(23)20-18-16-10-8-5-2/h21-22H,4-20H2,1-3H3/q+1. The molecule has 0 aliphatic carbocycles. The van der Waals surface area contributed by atoms with E-state index in [-0.39, 0.29) is 0 Å². The first kappa shape index (κ1) is 22.3. The predicted molar refractivity (Wildman–Crippen MR) is 110 cm³/mol. The molecule has 2 nitrogen and oxygen atoms in total. The molecule has 0 bridgehead atoms. The summed E-state index contributed by atoms with van der Waals surface area (Å²) in [4.78, 5) is 0. The van der Waals surface area contributed by atoms with Gasteiger partial charge < -0.3 is 0 Å². The van der Waals surface area contributed by atoms with Gasteiger partial charge >= 0.3 is 0 Å². The molecule has 0 N–H and O–H groups in total. The van der Waals surface area contributed by atoms with Gasteiger partial charge in [-0.3, -0.25) is 0 Å². The highest BCUT2D eigenvalue weighted by Gasteiger charge is 2.15. The lowest BCUT2D eigenvalue weighted by Gasteiger charge is -2.05. The van der Waals surface area contributed by atoms with Gasteiger partial charge in [-0.05, 0) is 26.2 Å². The summed E-state index contributed by atoms with van der Waals surface area (Å²) >= 11 is 0. The van der Waals surface area contributed by atoms with Gasteiger partial charge in [-0.1, -0.05) is 84.5 Å². The summed E-state index contributed by atoms with van der Waals surface area (Å²) in [6.07, 6.45) is 25.5. The molecule has 0 aromatic carbocycles. The number of rotatable bonds is 17. The molecule has 1 aromatic heterocycles. The summed E-state index contributed by atoms with van der Waals surface area (Å²) in [5.41, 5.74) is 0. The van der Waals surface area contributed by atoms with Crippen LogP contribution in [-0.2, 0) is 19.5 Å². The van der Waals surface area contributed by atoms with E-state index in [1.165, 1.54) is 103 Å². The molecule has 0 saturated heterocycles. The Kier molecular flexibility index (Phi) is 13.8. The normalized spacial score (nSPS) is 11.3. The van der Waals surface area contributed by atoms with E-state index in [0.29, 0.717) is 0 Å². The van der Waals surface area contributed by atoms with Crippen LogP contribution in [0.2, 0.25) is 0 Å². The van der Waals surface area contributed by atoms with Crippen LogP contribution in [0.25, 0.3) is 0 Å². The molecule has 1 aromatic rings. The Labute approximate surface area is 158 Å². The van der Waals surface area contributed by atoms with Gasteiger partial charge in [0.15, 0.2) is 0 Å². The average molecular weight is 350 g/mol. The molecule has 0 spiro atoms. The maximum absolute atomic E-state index is 2.53. The second-order valence-electron chi connectivity index (χ2n) is 7.69. The van der Waals surface area contributed by atoms with Crippen molar-refractivity contribution in [2.24, 2.45) is 0 Å². The molecule has 146 valence electrons. The molecule has 25 heavy (non-hydrogen) atoms. The lowest BCUT2D eigenvalue weighted by molar-refractivity contribution is -0.704. The molecule has 0 aliphatic rings. The zero-order valence-corrected chi connectivity index (χ0v) is 17.6. The highest BCUT2D eigenvalue weighted by molar-refractivity contribution is 4.83. The average Bonchev–Trinajstić information content (AvgIpc) is 3.02. The Hall–Kier alpha value is -0.790. The summed E-state index contributed by atoms with van der Waals surface area (Å²) in [5, 5.41) is 0. The largest absolute Gasteiger partial charge is 0.256 e. The zero-order chi connectivity index (χ0) is 18.2. The number of aryl methyl sites for hydroxylation is 2. The van der Waals surface area contributed by atoms with E-state index in [9.17, 15) is 0 Å². The van der Waals surface area contributed by atoms with Crippen LogP contribution in [0.3, 0.4) is 0 Å². The summed E-state index contributed by atoms with van der Waals surface area (Å²) in [7, 11) is 0. The van der Waals surface area contributed by atoms with E-state index in [0.717, 1.165) is 6.54 Å². The quantitative estimate of drug-likeness (QED) is 0.215. The van der Waals surface area contributed by atoms with Crippen molar-refractivity contribution in [3.8, 4) is 0 Å². The first-order chi connectivity index (χ1) is 12.3. The van der Waals surface area contributed by atoms with Crippen molar-refractivity contribution in [1.82, 2.24) is 4.57 Å². The third-order valence-electron chi connectivity index (χ3n) is 5.44. The minimum Gasteiger partial charge on any atom is -0.235 e. The summed E-state index contributed by atoms with van der Waals surface area (Å²) < 4.78 is 4.98. The maximum Gasteiger partial charge on any atom is 0.256 e. The molecule has 0 radical (unpaired) electrons. The van der Waals surface area contributed by atoms with Crippen LogP contribution >= 0.6 is 0 Å². The molecule has 0 saturated carbocycles. The highest BCUT2D eigenvalue weighted by Crippen LogP contribution is 2.11.